The lowest BCUT2D eigenvalue weighted by atomic mass is 10.1. The van der Waals surface area contributed by atoms with Gasteiger partial charge < -0.3 is 0 Å². The van der Waals surface area contributed by atoms with Crippen molar-refractivity contribution >= 4 is 49.5 Å². The molecular weight excluding hydrogens is 303 g/mol. The first-order chi connectivity index (χ1) is 9.15. The van der Waals surface area contributed by atoms with Gasteiger partial charge >= 0.3 is 0 Å². The second kappa shape index (κ2) is 5.04. The molecule has 3 rings (SSSR count). The maximum absolute atomic E-state index is 13.7. The third kappa shape index (κ3) is 2.43. The molecule has 0 amide bonds. The van der Waals surface area contributed by atoms with Gasteiger partial charge in [-0.25, -0.2) is 4.39 Å². The number of hydrogen-bond donors (Lipinski definition) is 0. The van der Waals surface area contributed by atoms with Crippen LogP contribution >= 0.6 is 34.3 Å². The summed E-state index contributed by atoms with van der Waals surface area (Å²) in [4.78, 5) is 12.8. The Morgan fingerprint density at radius 1 is 1.26 bits per heavy atom. The second-order valence-corrected chi connectivity index (χ2v) is 6.51. The smallest absolute Gasteiger partial charge is 0.177 e. The first kappa shape index (κ1) is 12.8. The van der Waals surface area contributed by atoms with Gasteiger partial charge in [0.05, 0.1) is 9.90 Å². The number of benzene rings is 1. The van der Waals surface area contributed by atoms with E-state index in [1.54, 1.807) is 23.5 Å². The lowest BCUT2D eigenvalue weighted by Gasteiger charge is -2.02. The first-order valence-electron chi connectivity index (χ1n) is 5.58. The molecule has 0 fully saturated rings. The molecule has 0 atom stereocenters. The number of rotatable bonds is 3. The number of carbonyl (C=O) groups excluding carboxylic acids is 1. The fourth-order valence-electron chi connectivity index (χ4n) is 1.85. The van der Waals surface area contributed by atoms with Crippen molar-refractivity contribution in [2.45, 2.75) is 6.42 Å². The Morgan fingerprint density at radius 2 is 2.11 bits per heavy atom. The Kier molecular flexibility index (Phi) is 3.39. The van der Waals surface area contributed by atoms with E-state index in [1.807, 2.05) is 17.5 Å². The average Bonchev–Trinajstić information content (AvgIpc) is 2.95. The summed E-state index contributed by atoms with van der Waals surface area (Å²) >= 11 is 8.76. The quantitative estimate of drug-likeness (QED) is 0.609. The molecule has 0 N–H and O–H groups in total. The van der Waals surface area contributed by atoms with Crippen molar-refractivity contribution in [2.24, 2.45) is 0 Å². The van der Waals surface area contributed by atoms with E-state index in [1.165, 1.54) is 17.4 Å². The molecular formula is C14H8ClFOS2. The predicted octanol–water partition coefficient (Wildman–Crippen LogP) is 5.18. The van der Waals surface area contributed by atoms with Crippen LogP contribution in [-0.4, -0.2) is 5.78 Å². The van der Waals surface area contributed by atoms with Crippen molar-refractivity contribution in [3.05, 3.63) is 57.0 Å². The molecule has 5 heteroatoms. The van der Waals surface area contributed by atoms with E-state index in [9.17, 15) is 9.18 Å². The lowest BCUT2D eigenvalue weighted by molar-refractivity contribution is 0.0996. The lowest BCUT2D eigenvalue weighted by Crippen LogP contribution is -2.03. The van der Waals surface area contributed by atoms with Crippen molar-refractivity contribution in [3.8, 4) is 0 Å². The van der Waals surface area contributed by atoms with Gasteiger partial charge in [0.25, 0.3) is 0 Å². The van der Waals surface area contributed by atoms with Crippen molar-refractivity contribution < 1.29 is 9.18 Å². The first-order valence-corrected chi connectivity index (χ1v) is 7.65. The van der Waals surface area contributed by atoms with Gasteiger partial charge in [-0.1, -0.05) is 23.7 Å². The Bertz CT molecular complexity index is 731. The summed E-state index contributed by atoms with van der Waals surface area (Å²) in [6, 6.07) is 8.58. The van der Waals surface area contributed by atoms with E-state index < -0.39 is 5.82 Å². The molecule has 0 aliphatic rings. The van der Waals surface area contributed by atoms with Crippen LogP contribution in [0.3, 0.4) is 0 Å². The largest absolute Gasteiger partial charge is 0.293 e. The molecule has 2 aromatic heterocycles. The van der Waals surface area contributed by atoms with Gasteiger partial charge in [-0.05, 0) is 29.1 Å². The Labute approximate surface area is 122 Å². The standard InChI is InChI=1S/C14H8ClFOS2/c15-9-3-1-2-8(14(9)16)6-10(17)12-7-13-11(19-12)4-5-18-13/h1-5,7H,6H2. The molecule has 0 bridgehead atoms. The Balaban J connectivity index is 1.89. The van der Waals surface area contributed by atoms with Crippen LogP contribution in [0.15, 0.2) is 35.7 Å². The summed E-state index contributed by atoms with van der Waals surface area (Å²) in [6.07, 6.45) is 0.0418. The number of halogens is 2. The van der Waals surface area contributed by atoms with Gasteiger partial charge in [0.1, 0.15) is 5.82 Å². The van der Waals surface area contributed by atoms with Gasteiger partial charge in [-0.2, -0.15) is 0 Å². The number of Topliss-reactive ketones (excluding diaryl/α,β-unsaturated/α-hetero) is 1. The maximum Gasteiger partial charge on any atom is 0.177 e. The zero-order valence-electron chi connectivity index (χ0n) is 9.65. The minimum absolute atomic E-state index is 0.0418. The van der Waals surface area contributed by atoms with Crippen molar-refractivity contribution in [1.29, 1.82) is 0 Å². The van der Waals surface area contributed by atoms with Crippen molar-refractivity contribution in [3.63, 3.8) is 0 Å². The molecule has 96 valence electrons. The zero-order valence-corrected chi connectivity index (χ0v) is 12.0. The third-order valence-corrected chi connectivity index (χ3v) is 5.22. The molecule has 0 spiro atoms. The van der Waals surface area contributed by atoms with E-state index in [0.29, 0.717) is 10.4 Å². The number of hydrogen-bond acceptors (Lipinski definition) is 3. The fraction of sp³-hybridized carbons (Fsp3) is 0.0714. The molecule has 0 aliphatic heterocycles. The molecule has 2 heterocycles. The zero-order chi connectivity index (χ0) is 13.4. The normalized spacial score (nSPS) is 11.1. The van der Waals surface area contributed by atoms with Crippen LogP contribution in [0, 0.1) is 5.82 Å². The fourth-order valence-corrected chi connectivity index (χ4v) is 4.09. The minimum Gasteiger partial charge on any atom is -0.293 e. The Hall–Kier alpha value is -1.23. The highest BCUT2D eigenvalue weighted by Gasteiger charge is 2.15. The maximum atomic E-state index is 13.7. The molecule has 0 radical (unpaired) electrons. The highest BCUT2D eigenvalue weighted by atomic mass is 35.5. The van der Waals surface area contributed by atoms with Gasteiger partial charge in [-0.15, -0.1) is 22.7 Å². The number of thiophene rings is 2. The highest BCUT2D eigenvalue weighted by molar-refractivity contribution is 7.27. The van der Waals surface area contributed by atoms with E-state index in [0.717, 1.165) is 9.40 Å². The molecule has 1 aromatic carbocycles. The second-order valence-electron chi connectivity index (χ2n) is 4.07. The SMILES string of the molecule is O=C(Cc1cccc(Cl)c1F)c1cc2sccc2s1. The third-order valence-electron chi connectivity index (χ3n) is 2.80. The van der Waals surface area contributed by atoms with Crippen LogP contribution in [0.5, 0.6) is 0 Å². The van der Waals surface area contributed by atoms with Crippen LogP contribution in [0.4, 0.5) is 4.39 Å². The summed E-state index contributed by atoms with van der Waals surface area (Å²) in [6.45, 7) is 0. The van der Waals surface area contributed by atoms with Crippen molar-refractivity contribution in [1.82, 2.24) is 0 Å². The highest BCUT2D eigenvalue weighted by Crippen LogP contribution is 2.31. The minimum atomic E-state index is -0.504. The van der Waals surface area contributed by atoms with Gasteiger partial charge in [-0.3, -0.25) is 4.79 Å². The monoisotopic (exact) mass is 310 g/mol. The van der Waals surface area contributed by atoms with Gasteiger partial charge in [0.15, 0.2) is 5.78 Å². The van der Waals surface area contributed by atoms with Crippen LogP contribution in [-0.2, 0) is 6.42 Å². The summed E-state index contributed by atoms with van der Waals surface area (Å²) in [5.74, 6) is -0.578. The number of carbonyl (C=O) groups is 1. The summed E-state index contributed by atoms with van der Waals surface area (Å²) in [7, 11) is 0. The predicted molar refractivity (Wildman–Crippen MR) is 79.1 cm³/mol. The Morgan fingerprint density at radius 3 is 2.89 bits per heavy atom. The molecule has 0 saturated heterocycles. The van der Waals surface area contributed by atoms with Crippen LogP contribution < -0.4 is 0 Å². The average molecular weight is 311 g/mol. The van der Waals surface area contributed by atoms with Crippen LogP contribution in [0.2, 0.25) is 5.02 Å². The van der Waals surface area contributed by atoms with E-state index in [2.05, 4.69) is 0 Å². The van der Waals surface area contributed by atoms with Crippen LogP contribution in [0.1, 0.15) is 15.2 Å². The van der Waals surface area contributed by atoms with Gasteiger partial charge in [0.2, 0.25) is 0 Å². The van der Waals surface area contributed by atoms with E-state index in [-0.39, 0.29) is 17.2 Å². The summed E-state index contributed by atoms with van der Waals surface area (Å²) in [5.41, 5.74) is 0.342. The number of fused-ring (bicyclic) bond motifs is 1. The van der Waals surface area contributed by atoms with Gasteiger partial charge in [0, 0.05) is 15.8 Å². The summed E-state index contributed by atoms with van der Waals surface area (Å²) < 4.78 is 15.9. The molecule has 1 nitrogen and oxygen atoms in total. The van der Waals surface area contributed by atoms with Crippen LogP contribution in [0.25, 0.3) is 9.40 Å². The topological polar surface area (TPSA) is 17.1 Å². The molecule has 3 aromatic rings. The molecule has 0 aliphatic carbocycles. The molecule has 0 unspecified atom stereocenters. The molecule has 0 saturated carbocycles. The van der Waals surface area contributed by atoms with Crippen molar-refractivity contribution in [2.75, 3.05) is 0 Å². The number of ketones is 1. The van der Waals surface area contributed by atoms with E-state index >= 15 is 0 Å². The molecule has 19 heavy (non-hydrogen) atoms. The van der Waals surface area contributed by atoms with E-state index in [4.69, 9.17) is 11.6 Å². The summed E-state index contributed by atoms with van der Waals surface area (Å²) in [5, 5.41) is 2.05.